The fourth-order valence-corrected chi connectivity index (χ4v) is 2.92. The van der Waals surface area contributed by atoms with Crippen LogP contribution in [-0.4, -0.2) is 35.9 Å². The Hall–Kier alpha value is -1.29. The van der Waals surface area contributed by atoms with Crippen LogP contribution in [0.25, 0.3) is 0 Å². The highest BCUT2D eigenvalue weighted by atomic mass is 32.2. The molecule has 1 saturated heterocycles. The van der Waals surface area contributed by atoms with E-state index >= 15 is 0 Å². The van der Waals surface area contributed by atoms with Crippen LogP contribution in [0.5, 0.6) is 0 Å². The van der Waals surface area contributed by atoms with Crippen LogP contribution in [0.3, 0.4) is 0 Å². The van der Waals surface area contributed by atoms with Crippen LogP contribution in [0.15, 0.2) is 29.2 Å². The van der Waals surface area contributed by atoms with Crippen LogP contribution in [0, 0.1) is 0 Å². The zero-order valence-electron chi connectivity index (χ0n) is 9.05. The zero-order valence-corrected chi connectivity index (χ0v) is 9.87. The second-order valence-electron chi connectivity index (χ2n) is 3.85. The summed E-state index contributed by atoms with van der Waals surface area (Å²) in [7, 11) is 1.82. The summed E-state index contributed by atoms with van der Waals surface area (Å²) < 4.78 is 0. The first-order valence-corrected chi connectivity index (χ1v) is 6.05. The minimum Gasteiger partial charge on any atom is -0.345 e. The molecule has 4 heteroatoms. The Morgan fingerprint density at radius 1 is 1.50 bits per heavy atom. The SMILES string of the molecule is CN1CCC(Sc2cccc(C=O)c2)C1=O. The van der Waals surface area contributed by atoms with Gasteiger partial charge in [-0.3, -0.25) is 9.59 Å². The number of aldehydes is 1. The zero-order chi connectivity index (χ0) is 11.5. The van der Waals surface area contributed by atoms with Crippen LogP contribution in [-0.2, 0) is 4.79 Å². The Kier molecular flexibility index (Phi) is 3.29. The molecule has 1 fully saturated rings. The lowest BCUT2D eigenvalue weighted by Crippen LogP contribution is -2.23. The molecule has 1 aromatic carbocycles. The standard InChI is InChI=1S/C12H13NO2S/c1-13-6-5-11(12(13)15)16-10-4-2-3-9(7-10)8-14/h2-4,7-8,11H,5-6H2,1H3. The summed E-state index contributed by atoms with van der Waals surface area (Å²) in [4.78, 5) is 25.1. The summed E-state index contributed by atoms with van der Waals surface area (Å²) in [5, 5.41) is 0.00639. The average Bonchev–Trinajstić information content (AvgIpc) is 2.61. The number of likely N-dealkylation sites (tertiary alicyclic amines) is 1. The smallest absolute Gasteiger partial charge is 0.235 e. The molecule has 0 aromatic heterocycles. The van der Waals surface area contributed by atoms with Gasteiger partial charge in [0.25, 0.3) is 0 Å². The van der Waals surface area contributed by atoms with Crippen LogP contribution < -0.4 is 0 Å². The Bertz CT molecular complexity index is 419. The minimum absolute atomic E-state index is 0.00639. The van der Waals surface area contributed by atoms with Crippen molar-refractivity contribution in [3.63, 3.8) is 0 Å². The van der Waals surface area contributed by atoms with E-state index < -0.39 is 0 Å². The van der Waals surface area contributed by atoms with E-state index in [-0.39, 0.29) is 11.2 Å². The number of benzene rings is 1. The van der Waals surface area contributed by atoms with Gasteiger partial charge in [-0.25, -0.2) is 0 Å². The highest BCUT2D eigenvalue weighted by molar-refractivity contribution is 8.00. The molecule has 1 aliphatic rings. The normalized spacial score (nSPS) is 20.2. The van der Waals surface area contributed by atoms with E-state index in [0.717, 1.165) is 24.1 Å². The van der Waals surface area contributed by atoms with Crippen LogP contribution in [0.2, 0.25) is 0 Å². The number of hydrogen-bond donors (Lipinski definition) is 0. The summed E-state index contributed by atoms with van der Waals surface area (Å²) in [5.74, 6) is 0.182. The van der Waals surface area contributed by atoms with Gasteiger partial charge >= 0.3 is 0 Å². The molecule has 0 N–H and O–H groups in total. The summed E-state index contributed by atoms with van der Waals surface area (Å²) in [5.41, 5.74) is 0.656. The second-order valence-corrected chi connectivity index (χ2v) is 5.12. The predicted octanol–water partition coefficient (Wildman–Crippen LogP) is 1.82. The van der Waals surface area contributed by atoms with Gasteiger partial charge in [0.05, 0.1) is 5.25 Å². The van der Waals surface area contributed by atoms with E-state index in [4.69, 9.17) is 0 Å². The quantitative estimate of drug-likeness (QED) is 0.750. The topological polar surface area (TPSA) is 37.4 Å². The van der Waals surface area contributed by atoms with E-state index in [0.29, 0.717) is 5.56 Å². The molecule has 84 valence electrons. The Labute approximate surface area is 98.8 Å². The molecule has 1 aliphatic heterocycles. The number of carbonyl (C=O) groups excluding carboxylic acids is 2. The molecule has 0 saturated carbocycles. The summed E-state index contributed by atoms with van der Waals surface area (Å²) >= 11 is 1.54. The molecule has 1 heterocycles. The highest BCUT2D eigenvalue weighted by Crippen LogP contribution is 2.30. The third-order valence-electron chi connectivity index (χ3n) is 2.65. The van der Waals surface area contributed by atoms with Crippen molar-refractivity contribution in [1.29, 1.82) is 0 Å². The Balaban J connectivity index is 2.09. The summed E-state index contributed by atoms with van der Waals surface area (Å²) in [6, 6.07) is 7.36. The van der Waals surface area contributed by atoms with Crippen LogP contribution in [0.4, 0.5) is 0 Å². The molecule has 0 radical (unpaired) electrons. The van der Waals surface area contributed by atoms with Gasteiger partial charge < -0.3 is 4.90 Å². The molecule has 0 bridgehead atoms. The molecule has 1 unspecified atom stereocenters. The average molecular weight is 235 g/mol. The number of nitrogens with zero attached hydrogens (tertiary/aromatic N) is 1. The Morgan fingerprint density at radius 3 is 2.94 bits per heavy atom. The van der Waals surface area contributed by atoms with Gasteiger partial charge in [0.15, 0.2) is 0 Å². The maximum Gasteiger partial charge on any atom is 0.235 e. The maximum atomic E-state index is 11.7. The number of hydrogen-bond acceptors (Lipinski definition) is 3. The van der Waals surface area contributed by atoms with Crippen molar-refractivity contribution in [3.05, 3.63) is 29.8 Å². The summed E-state index contributed by atoms with van der Waals surface area (Å²) in [6.07, 6.45) is 1.71. The maximum absolute atomic E-state index is 11.7. The van der Waals surface area contributed by atoms with E-state index in [9.17, 15) is 9.59 Å². The minimum atomic E-state index is 0.00639. The molecular weight excluding hydrogens is 222 g/mol. The lowest BCUT2D eigenvalue weighted by Gasteiger charge is -2.09. The van der Waals surface area contributed by atoms with Gasteiger partial charge in [0.2, 0.25) is 5.91 Å². The third-order valence-corrected chi connectivity index (χ3v) is 3.90. The molecule has 0 aliphatic carbocycles. The highest BCUT2D eigenvalue weighted by Gasteiger charge is 2.29. The summed E-state index contributed by atoms with van der Waals surface area (Å²) in [6.45, 7) is 0.823. The second kappa shape index (κ2) is 4.70. The van der Waals surface area contributed by atoms with E-state index in [1.165, 1.54) is 0 Å². The van der Waals surface area contributed by atoms with Crippen molar-refractivity contribution >= 4 is 24.0 Å². The van der Waals surface area contributed by atoms with Crippen molar-refractivity contribution in [2.45, 2.75) is 16.6 Å². The first kappa shape index (κ1) is 11.2. The molecule has 1 aromatic rings. The number of carbonyl (C=O) groups is 2. The van der Waals surface area contributed by atoms with Crippen molar-refractivity contribution in [2.24, 2.45) is 0 Å². The molecule has 16 heavy (non-hydrogen) atoms. The third kappa shape index (κ3) is 2.27. The van der Waals surface area contributed by atoms with Crippen LogP contribution >= 0.6 is 11.8 Å². The molecular formula is C12H13NO2S. The number of amides is 1. The van der Waals surface area contributed by atoms with Crippen molar-refractivity contribution in [3.8, 4) is 0 Å². The van der Waals surface area contributed by atoms with Gasteiger partial charge in [-0.2, -0.15) is 0 Å². The fourth-order valence-electron chi connectivity index (χ4n) is 1.73. The van der Waals surface area contributed by atoms with Crippen molar-refractivity contribution in [2.75, 3.05) is 13.6 Å². The van der Waals surface area contributed by atoms with Gasteiger partial charge in [-0.15, -0.1) is 11.8 Å². The molecule has 0 spiro atoms. The van der Waals surface area contributed by atoms with Gasteiger partial charge in [-0.1, -0.05) is 12.1 Å². The molecule has 1 atom stereocenters. The van der Waals surface area contributed by atoms with Crippen molar-refractivity contribution in [1.82, 2.24) is 4.90 Å². The van der Waals surface area contributed by atoms with E-state index in [2.05, 4.69) is 0 Å². The predicted molar refractivity (Wildman–Crippen MR) is 63.7 cm³/mol. The number of thioether (sulfide) groups is 1. The van der Waals surface area contributed by atoms with Crippen molar-refractivity contribution < 1.29 is 9.59 Å². The van der Waals surface area contributed by atoms with E-state index in [1.54, 1.807) is 22.7 Å². The largest absolute Gasteiger partial charge is 0.345 e. The van der Waals surface area contributed by atoms with Gasteiger partial charge in [-0.05, 0) is 18.6 Å². The van der Waals surface area contributed by atoms with Crippen LogP contribution in [0.1, 0.15) is 16.8 Å². The molecule has 2 rings (SSSR count). The molecule has 3 nitrogen and oxygen atoms in total. The van der Waals surface area contributed by atoms with Gasteiger partial charge in [0, 0.05) is 24.1 Å². The molecule has 1 amide bonds. The Morgan fingerprint density at radius 2 is 2.31 bits per heavy atom. The fraction of sp³-hybridized carbons (Fsp3) is 0.333. The van der Waals surface area contributed by atoms with E-state index in [1.807, 2.05) is 25.2 Å². The monoisotopic (exact) mass is 235 g/mol. The first-order valence-electron chi connectivity index (χ1n) is 5.17. The number of rotatable bonds is 3. The lowest BCUT2D eigenvalue weighted by molar-refractivity contribution is -0.126. The van der Waals surface area contributed by atoms with Gasteiger partial charge in [0.1, 0.15) is 6.29 Å². The lowest BCUT2D eigenvalue weighted by atomic mass is 10.2. The first-order chi connectivity index (χ1) is 7.70.